The van der Waals surface area contributed by atoms with E-state index in [-0.39, 0.29) is 16.8 Å². The van der Waals surface area contributed by atoms with E-state index in [0.29, 0.717) is 0 Å². The predicted octanol–water partition coefficient (Wildman–Crippen LogP) is -0.310. The lowest BCUT2D eigenvalue weighted by atomic mass is 9.99. The Kier molecular flexibility index (Phi) is 3.32. The summed E-state index contributed by atoms with van der Waals surface area (Å²) in [5.41, 5.74) is 0.658. The Balaban J connectivity index is 2.24. The number of benzene rings is 1. The molecule has 1 heterocycles. The molecule has 4 N–H and O–H groups in total. The van der Waals surface area contributed by atoms with Gasteiger partial charge in [-0.25, -0.2) is 0 Å². The molecule has 19 heavy (non-hydrogen) atoms. The molecular formula is C12H11NO6. The number of carboxylic acids is 1. The van der Waals surface area contributed by atoms with E-state index in [2.05, 4.69) is 5.32 Å². The summed E-state index contributed by atoms with van der Waals surface area (Å²) < 4.78 is 0. The largest absolute Gasteiger partial charge is 0.481 e. The number of nitrogens with one attached hydrogen (secondary N) is 1. The minimum atomic E-state index is -1.47. The molecule has 0 spiro atoms. The van der Waals surface area contributed by atoms with E-state index in [1.54, 1.807) is 0 Å². The van der Waals surface area contributed by atoms with Gasteiger partial charge in [-0.15, -0.1) is 0 Å². The Morgan fingerprint density at radius 3 is 2.58 bits per heavy atom. The van der Waals surface area contributed by atoms with Gasteiger partial charge in [0.05, 0.1) is 23.8 Å². The molecule has 7 nitrogen and oxygen atoms in total. The number of rotatable bonds is 4. The number of carbonyl (C=O) groups excluding carboxylic acids is 2. The third kappa shape index (κ3) is 2.47. The summed E-state index contributed by atoms with van der Waals surface area (Å²) in [5.74, 6) is -2.66. The van der Waals surface area contributed by atoms with Gasteiger partial charge in [-0.3, -0.25) is 14.4 Å². The van der Waals surface area contributed by atoms with Gasteiger partial charge < -0.3 is 20.6 Å². The van der Waals surface area contributed by atoms with Crippen molar-refractivity contribution < 1.29 is 29.7 Å². The fraction of sp³-hybridized carbons (Fsp3) is 0.250. The second-order valence-corrected chi connectivity index (χ2v) is 4.20. The lowest BCUT2D eigenvalue weighted by molar-refractivity contribution is -0.141. The highest BCUT2D eigenvalue weighted by Gasteiger charge is 2.29. The van der Waals surface area contributed by atoms with Crippen LogP contribution in [-0.4, -0.2) is 39.1 Å². The van der Waals surface area contributed by atoms with Crippen molar-refractivity contribution in [2.75, 3.05) is 5.32 Å². The minimum Gasteiger partial charge on any atom is -0.481 e. The maximum Gasteiger partial charge on any atom is 0.306 e. The smallest absolute Gasteiger partial charge is 0.306 e. The van der Waals surface area contributed by atoms with Crippen LogP contribution in [0.2, 0.25) is 0 Å². The zero-order chi connectivity index (χ0) is 14.2. The first kappa shape index (κ1) is 13.2. The molecule has 1 amide bonds. The second kappa shape index (κ2) is 4.79. The Bertz CT molecular complexity index is 567. The zero-order valence-corrected chi connectivity index (χ0v) is 9.66. The number of anilines is 1. The summed E-state index contributed by atoms with van der Waals surface area (Å²) in [4.78, 5) is 32.9. The number of ketones is 1. The number of Topliss-reactive ketones (excluding diaryl/α,β-unsaturated/α-hetero) is 1. The van der Waals surface area contributed by atoms with Crippen molar-refractivity contribution in [3.05, 3.63) is 29.3 Å². The number of aliphatic hydroxyl groups excluding tert-OH is 2. The summed E-state index contributed by atoms with van der Waals surface area (Å²) >= 11 is 0. The maximum atomic E-state index is 11.4. The molecule has 100 valence electrons. The third-order valence-corrected chi connectivity index (χ3v) is 2.83. The molecule has 0 fully saturated rings. The van der Waals surface area contributed by atoms with Gasteiger partial charge in [0, 0.05) is 0 Å². The Labute approximate surface area is 107 Å². The lowest BCUT2D eigenvalue weighted by Crippen LogP contribution is -2.21. The van der Waals surface area contributed by atoms with Crippen molar-refractivity contribution >= 4 is 23.3 Å². The molecule has 0 saturated heterocycles. The van der Waals surface area contributed by atoms with Crippen molar-refractivity contribution in [1.29, 1.82) is 0 Å². The molecule has 2 atom stereocenters. The Morgan fingerprint density at radius 1 is 1.26 bits per heavy atom. The molecule has 1 aromatic rings. The zero-order valence-electron chi connectivity index (χ0n) is 9.66. The molecule has 0 aromatic heterocycles. The van der Waals surface area contributed by atoms with Crippen LogP contribution in [0.4, 0.5) is 5.69 Å². The van der Waals surface area contributed by atoms with E-state index in [1.165, 1.54) is 18.2 Å². The third-order valence-electron chi connectivity index (χ3n) is 2.83. The molecule has 0 saturated carbocycles. The molecule has 0 bridgehead atoms. The first-order chi connectivity index (χ1) is 8.90. The van der Waals surface area contributed by atoms with Crippen LogP contribution in [0.15, 0.2) is 18.2 Å². The van der Waals surface area contributed by atoms with E-state index in [4.69, 9.17) is 5.11 Å². The summed E-state index contributed by atoms with van der Waals surface area (Å²) in [7, 11) is 0. The monoisotopic (exact) mass is 265 g/mol. The number of carboxylic acid groups (broad SMARTS) is 1. The van der Waals surface area contributed by atoms with E-state index in [9.17, 15) is 24.6 Å². The first-order valence-corrected chi connectivity index (χ1v) is 5.47. The van der Waals surface area contributed by atoms with Crippen LogP contribution in [-0.2, 0) is 9.59 Å². The van der Waals surface area contributed by atoms with Gasteiger partial charge in [-0.2, -0.15) is 0 Å². The molecule has 7 heteroatoms. The van der Waals surface area contributed by atoms with E-state index < -0.39 is 36.3 Å². The summed E-state index contributed by atoms with van der Waals surface area (Å²) in [6.07, 6.45) is -3.49. The normalized spacial score (nSPS) is 16.7. The van der Waals surface area contributed by atoms with Crippen molar-refractivity contribution in [2.45, 2.75) is 18.6 Å². The SMILES string of the molecule is O=C(O)CC(O)C(O)c1ccc2c(c1)NC(=O)C2=O. The minimum absolute atomic E-state index is 0.189. The quantitative estimate of drug-likeness (QED) is 0.554. The number of aliphatic carboxylic acids is 1. The molecule has 2 unspecified atom stereocenters. The predicted molar refractivity (Wildman–Crippen MR) is 62.6 cm³/mol. The molecular weight excluding hydrogens is 254 g/mol. The molecule has 2 rings (SSSR count). The average molecular weight is 265 g/mol. The molecule has 1 aliphatic heterocycles. The summed E-state index contributed by atoms with van der Waals surface area (Å²) in [5, 5.41) is 30.2. The van der Waals surface area contributed by atoms with Gasteiger partial charge in [-0.05, 0) is 17.7 Å². The topological polar surface area (TPSA) is 124 Å². The summed E-state index contributed by atoms with van der Waals surface area (Å²) in [6, 6.07) is 4.06. The Hall–Kier alpha value is -2.25. The highest BCUT2D eigenvalue weighted by Crippen LogP contribution is 2.28. The van der Waals surface area contributed by atoms with Crippen LogP contribution in [0.5, 0.6) is 0 Å². The highest BCUT2D eigenvalue weighted by atomic mass is 16.4. The van der Waals surface area contributed by atoms with Gasteiger partial charge in [0.2, 0.25) is 0 Å². The van der Waals surface area contributed by atoms with Gasteiger partial charge in [0.1, 0.15) is 6.10 Å². The molecule has 0 radical (unpaired) electrons. The van der Waals surface area contributed by atoms with Gasteiger partial charge >= 0.3 is 5.97 Å². The van der Waals surface area contributed by atoms with Crippen molar-refractivity contribution in [1.82, 2.24) is 0 Å². The highest BCUT2D eigenvalue weighted by molar-refractivity contribution is 6.51. The van der Waals surface area contributed by atoms with Crippen molar-refractivity contribution in [3.63, 3.8) is 0 Å². The average Bonchev–Trinajstić information content (AvgIpc) is 2.63. The van der Waals surface area contributed by atoms with Crippen LogP contribution in [0, 0.1) is 0 Å². The fourth-order valence-corrected chi connectivity index (χ4v) is 1.86. The number of carbonyl (C=O) groups is 3. The second-order valence-electron chi connectivity index (χ2n) is 4.20. The van der Waals surface area contributed by atoms with Crippen molar-refractivity contribution in [2.24, 2.45) is 0 Å². The van der Waals surface area contributed by atoms with Crippen LogP contribution in [0.1, 0.15) is 28.4 Å². The molecule has 1 aliphatic rings. The van der Waals surface area contributed by atoms with Crippen molar-refractivity contribution in [3.8, 4) is 0 Å². The lowest BCUT2D eigenvalue weighted by Gasteiger charge is -2.17. The van der Waals surface area contributed by atoms with E-state index in [0.717, 1.165) is 0 Å². The van der Waals surface area contributed by atoms with Gasteiger partial charge in [-0.1, -0.05) is 6.07 Å². The number of hydrogen-bond acceptors (Lipinski definition) is 5. The molecule has 0 aliphatic carbocycles. The van der Waals surface area contributed by atoms with E-state index >= 15 is 0 Å². The van der Waals surface area contributed by atoms with Crippen LogP contribution in [0.3, 0.4) is 0 Å². The first-order valence-electron chi connectivity index (χ1n) is 5.47. The van der Waals surface area contributed by atoms with Crippen LogP contribution >= 0.6 is 0 Å². The van der Waals surface area contributed by atoms with Gasteiger partial charge in [0.15, 0.2) is 0 Å². The molecule has 1 aromatic carbocycles. The standard InChI is InChI=1S/C12H11NO6/c14-8(4-9(15)16)10(17)5-1-2-6-7(3-5)13-12(19)11(6)18/h1-3,8,10,14,17H,4H2,(H,15,16)(H,13,18,19). The number of amides is 1. The number of fused-ring (bicyclic) bond motifs is 1. The van der Waals surface area contributed by atoms with E-state index in [1.807, 2.05) is 0 Å². The fourth-order valence-electron chi connectivity index (χ4n) is 1.86. The number of hydrogen-bond donors (Lipinski definition) is 4. The maximum absolute atomic E-state index is 11.4. The van der Waals surface area contributed by atoms with Crippen LogP contribution < -0.4 is 5.32 Å². The van der Waals surface area contributed by atoms with Crippen LogP contribution in [0.25, 0.3) is 0 Å². The number of aliphatic hydroxyl groups is 2. The van der Waals surface area contributed by atoms with Gasteiger partial charge in [0.25, 0.3) is 11.7 Å². The summed E-state index contributed by atoms with van der Waals surface area (Å²) in [6.45, 7) is 0. The Morgan fingerprint density at radius 2 is 1.95 bits per heavy atom.